The van der Waals surface area contributed by atoms with Gasteiger partial charge in [0.1, 0.15) is 12.1 Å². The molecule has 24 heavy (non-hydrogen) atoms. The predicted octanol–water partition coefficient (Wildman–Crippen LogP) is 1.60. The highest BCUT2D eigenvalue weighted by molar-refractivity contribution is 5.97. The molecule has 0 aliphatic carbocycles. The largest absolute Gasteiger partial charge is 0.342 e. The van der Waals surface area contributed by atoms with Crippen LogP contribution in [-0.4, -0.2) is 41.4 Å². The first-order valence-corrected chi connectivity index (χ1v) is 8.84. The molecule has 2 fully saturated rings. The zero-order chi connectivity index (χ0) is 17.3. The van der Waals surface area contributed by atoms with E-state index in [2.05, 4.69) is 55.7 Å². The number of carbonyl (C=O) groups excluding carboxylic acids is 2. The lowest BCUT2D eigenvalue weighted by molar-refractivity contribution is -0.147. The summed E-state index contributed by atoms with van der Waals surface area (Å²) in [5, 5.41) is 6.41. The quantitative estimate of drug-likeness (QED) is 0.862. The second-order valence-electron chi connectivity index (χ2n) is 7.50. The molecule has 0 aromatic heterocycles. The van der Waals surface area contributed by atoms with Crippen LogP contribution in [0.2, 0.25) is 0 Å². The maximum absolute atomic E-state index is 12.6. The molecule has 2 aliphatic rings. The van der Waals surface area contributed by atoms with Gasteiger partial charge in [-0.1, -0.05) is 43.7 Å². The molecular formula is C19H27N3O2. The second kappa shape index (κ2) is 6.93. The number of hydrogen-bond acceptors (Lipinski definition) is 3. The van der Waals surface area contributed by atoms with Gasteiger partial charge in [-0.25, -0.2) is 0 Å². The molecule has 2 N–H and O–H groups in total. The molecule has 0 unspecified atom stereocenters. The molecule has 5 nitrogen and oxygen atoms in total. The van der Waals surface area contributed by atoms with Crippen molar-refractivity contribution in [3.63, 3.8) is 0 Å². The Morgan fingerprint density at radius 1 is 1.25 bits per heavy atom. The van der Waals surface area contributed by atoms with Crippen molar-refractivity contribution in [2.45, 2.75) is 58.3 Å². The number of rotatable bonds is 5. The molecule has 2 aliphatic heterocycles. The van der Waals surface area contributed by atoms with E-state index in [1.54, 1.807) is 4.90 Å². The third kappa shape index (κ3) is 3.61. The van der Waals surface area contributed by atoms with Gasteiger partial charge in [-0.3, -0.25) is 9.59 Å². The summed E-state index contributed by atoms with van der Waals surface area (Å²) in [6.45, 7) is 7.60. The van der Waals surface area contributed by atoms with Gasteiger partial charge in [-0.05, 0) is 31.2 Å². The van der Waals surface area contributed by atoms with Crippen LogP contribution in [0.25, 0.3) is 0 Å². The Hall–Kier alpha value is -1.88. The molecule has 0 spiro atoms. The van der Waals surface area contributed by atoms with Crippen LogP contribution in [0.15, 0.2) is 24.3 Å². The Kier molecular flexibility index (Phi) is 4.90. The van der Waals surface area contributed by atoms with Crippen LogP contribution in [-0.2, 0) is 16.1 Å². The zero-order valence-corrected chi connectivity index (χ0v) is 14.7. The van der Waals surface area contributed by atoms with Crippen LogP contribution in [0.5, 0.6) is 0 Å². The van der Waals surface area contributed by atoms with Crippen molar-refractivity contribution in [2.24, 2.45) is 5.92 Å². The third-order valence-corrected chi connectivity index (χ3v) is 4.92. The highest BCUT2D eigenvalue weighted by Gasteiger charge is 2.46. The normalized spacial score (nSPS) is 26.7. The van der Waals surface area contributed by atoms with E-state index in [0.29, 0.717) is 25.3 Å². The molecule has 2 heterocycles. The topological polar surface area (TPSA) is 61.4 Å². The van der Waals surface area contributed by atoms with E-state index in [4.69, 9.17) is 0 Å². The van der Waals surface area contributed by atoms with Crippen molar-refractivity contribution < 1.29 is 9.59 Å². The van der Waals surface area contributed by atoms with Gasteiger partial charge in [0.05, 0.1) is 0 Å². The van der Waals surface area contributed by atoms with Crippen LogP contribution in [0, 0.1) is 12.8 Å². The molecule has 5 heteroatoms. The standard InChI is InChI=1S/C19H27N3O2/c1-12(2)8-16-19(24)22-11-15(9-17(22)18(23)21-16)20-10-14-6-4-13(3)5-7-14/h4-7,12,15-17,20H,8-11H2,1-3H3,(H,21,23)/t15-,16+,17-/m0/s1. The number of benzene rings is 1. The van der Waals surface area contributed by atoms with Gasteiger partial charge in [-0.15, -0.1) is 0 Å². The summed E-state index contributed by atoms with van der Waals surface area (Å²) >= 11 is 0. The summed E-state index contributed by atoms with van der Waals surface area (Å²) in [5.74, 6) is 0.460. The maximum Gasteiger partial charge on any atom is 0.245 e. The fraction of sp³-hybridized carbons (Fsp3) is 0.579. The number of nitrogens with zero attached hydrogens (tertiary/aromatic N) is 1. The Morgan fingerprint density at radius 2 is 1.96 bits per heavy atom. The van der Waals surface area contributed by atoms with Crippen LogP contribution in [0.3, 0.4) is 0 Å². The van der Waals surface area contributed by atoms with Gasteiger partial charge >= 0.3 is 0 Å². The number of amides is 2. The molecule has 1 aromatic rings. The molecule has 1 aromatic carbocycles. The average molecular weight is 329 g/mol. The first kappa shape index (κ1) is 17.0. The minimum absolute atomic E-state index is 0.000106. The Bertz CT molecular complexity index is 612. The van der Waals surface area contributed by atoms with Gasteiger partial charge in [0.2, 0.25) is 11.8 Å². The van der Waals surface area contributed by atoms with Crippen molar-refractivity contribution in [3.8, 4) is 0 Å². The summed E-state index contributed by atoms with van der Waals surface area (Å²) in [7, 11) is 0. The summed E-state index contributed by atoms with van der Waals surface area (Å²) in [5.41, 5.74) is 2.47. The SMILES string of the molecule is Cc1ccc(CN[C@H]2C[C@H]3C(=O)N[C@H](CC(C)C)C(=O)N3C2)cc1. The van der Waals surface area contributed by atoms with E-state index in [9.17, 15) is 9.59 Å². The van der Waals surface area contributed by atoms with Gasteiger partial charge in [0.15, 0.2) is 0 Å². The minimum atomic E-state index is -0.357. The van der Waals surface area contributed by atoms with Crippen molar-refractivity contribution in [3.05, 3.63) is 35.4 Å². The number of fused-ring (bicyclic) bond motifs is 1. The predicted molar refractivity (Wildman–Crippen MR) is 93.3 cm³/mol. The van der Waals surface area contributed by atoms with E-state index in [0.717, 1.165) is 6.54 Å². The van der Waals surface area contributed by atoms with Crippen LogP contribution in [0.1, 0.15) is 37.8 Å². The molecule has 2 amide bonds. The highest BCUT2D eigenvalue weighted by atomic mass is 16.2. The lowest BCUT2D eigenvalue weighted by atomic mass is 9.99. The first-order valence-electron chi connectivity index (χ1n) is 8.84. The first-order chi connectivity index (χ1) is 11.4. The molecule has 3 rings (SSSR count). The molecule has 0 bridgehead atoms. The smallest absolute Gasteiger partial charge is 0.245 e. The van der Waals surface area contributed by atoms with Gasteiger partial charge in [0.25, 0.3) is 0 Å². The van der Waals surface area contributed by atoms with Gasteiger partial charge in [-0.2, -0.15) is 0 Å². The van der Waals surface area contributed by atoms with E-state index >= 15 is 0 Å². The highest BCUT2D eigenvalue weighted by Crippen LogP contribution is 2.25. The van der Waals surface area contributed by atoms with Gasteiger partial charge in [0, 0.05) is 19.1 Å². The van der Waals surface area contributed by atoms with Crippen LogP contribution < -0.4 is 10.6 Å². The maximum atomic E-state index is 12.6. The summed E-state index contributed by atoms with van der Waals surface area (Å²) < 4.78 is 0. The average Bonchev–Trinajstić information content (AvgIpc) is 2.96. The van der Waals surface area contributed by atoms with Crippen LogP contribution >= 0.6 is 0 Å². The van der Waals surface area contributed by atoms with E-state index in [1.807, 2.05) is 0 Å². The molecule has 2 saturated heterocycles. The van der Waals surface area contributed by atoms with Crippen molar-refractivity contribution in [1.29, 1.82) is 0 Å². The minimum Gasteiger partial charge on any atom is -0.342 e. The van der Waals surface area contributed by atoms with E-state index in [1.165, 1.54) is 11.1 Å². The fourth-order valence-corrected chi connectivity index (χ4v) is 3.61. The summed E-state index contributed by atoms with van der Waals surface area (Å²) in [4.78, 5) is 26.7. The van der Waals surface area contributed by atoms with E-state index in [-0.39, 0.29) is 29.9 Å². The summed E-state index contributed by atoms with van der Waals surface area (Å²) in [6.07, 6.45) is 1.40. The third-order valence-electron chi connectivity index (χ3n) is 4.92. The Morgan fingerprint density at radius 3 is 2.62 bits per heavy atom. The molecule has 130 valence electrons. The van der Waals surface area contributed by atoms with Crippen LogP contribution in [0.4, 0.5) is 0 Å². The lowest BCUT2D eigenvalue weighted by Gasteiger charge is -2.35. The zero-order valence-electron chi connectivity index (χ0n) is 14.7. The summed E-state index contributed by atoms with van der Waals surface area (Å²) in [6, 6.07) is 7.93. The monoisotopic (exact) mass is 329 g/mol. The van der Waals surface area contributed by atoms with E-state index < -0.39 is 0 Å². The number of nitrogens with one attached hydrogen (secondary N) is 2. The molecule has 3 atom stereocenters. The van der Waals surface area contributed by atoms with Crippen molar-refractivity contribution in [2.75, 3.05) is 6.54 Å². The fourth-order valence-electron chi connectivity index (χ4n) is 3.61. The Balaban J connectivity index is 1.59. The second-order valence-corrected chi connectivity index (χ2v) is 7.50. The Labute approximate surface area is 143 Å². The van der Waals surface area contributed by atoms with Crippen molar-refractivity contribution in [1.82, 2.24) is 15.5 Å². The van der Waals surface area contributed by atoms with Gasteiger partial charge < -0.3 is 15.5 Å². The molecule has 0 radical (unpaired) electrons. The lowest BCUT2D eigenvalue weighted by Crippen LogP contribution is -2.61. The molecular weight excluding hydrogens is 302 g/mol. The van der Waals surface area contributed by atoms with Crippen molar-refractivity contribution >= 4 is 11.8 Å². The number of carbonyl (C=O) groups is 2. The molecule has 0 saturated carbocycles. The number of piperazine rings is 1. The number of hydrogen-bond donors (Lipinski definition) is 2. The number of aryl methyl sites for hydroxylation is 1.